The van der Waals surface area contributed by atoms with Crippen molar-refractivity contribution in [1.82, 2.24) is 0 Å². The van der Waals surface area contributed by atoms with Gasteiger partial charge >= 0.3 is 0 Å². The van der Waals surface area contributed by atoms with Gasteiger partial charge < -0.3 is 10.6 Å². The van der Waals surface area contributed by atoms with E-state index >= 15 is 0 Å². The maximum atomic E-state index is 6.15. The molecule has 1 unspecified atom stereocenters. The first-order valence-corrected chi connectivity index (χ1v) is 7.88. The lowest BCUT2D eigenvalue weighted by molar-refractivity contribution is 0.430. The highest BCUT2D eigenvalue weighted by atomic mass is 15.2. The Balaban J connectivity index is 1.87. The third kappa shape index (κ3) is 2.51. The standard InChI is InChI=1S/C17H26N2/c1-13(18)15-9-4-5-10-17(15)19-12-6-11-16(19)14-7-2-3-8-14/h4-5,9-10,13-14,16H,2-3,6-8,11-12,18H2,1H3/t13-,16?/m1/s1. The highest BCUT2D eigenvalue weighted by Crippen LogP contribution is 2.39. The zero-order valence-electron chi connectivity index (χ0n) is 12.0. The van der Waals surface area contributed by atoms with E-state index in [2.05, 4.69) is 36.1 Å². The number of nitrogens with zero attached hydrogens (tertiary/aromatic N) is 1. The van der Waals surface area contributed by atoms with Crippen molar-refractivity contribution in [3.05, 3.63) is 29.8 Å². The van der Waals surface area contributed by atoms with Crippen molar-refractivity contribution in [3.63, 3.8) is 0 Å². The third-order valence-corrected chi connectivity index (χ3v) is 4.98. The van der Waals surface area contributed by atoms with Crippen molar-refractivity contribution in [1.29, 1.82) is 0 Å². The van der Waals surface area contributed by atoms with Crippen molar-refractivity contribution in [2.24, 2.45) is 11.7 Å². The van der Waals surface area contributed by atoms with Gasteiger partial charge in [-0.2, -0.15) is 0 Å². The van der Waals surface area contributed by atoms with Gasteiger partial charge in [0.15, 0.2) is 0 Å². The Morgan fingerprint density at radius 2 is 1.84 bits per heavy atom. The van der Waals surface area contributed by atoms with Crippen LogP contribution < -0.4 is 10.6 Å². The number of hydrogen-bond acceptors (Lipinski definition) is 2. The van der Waals surface area contributed by atoms with E-state index in [0.29, 0.717) is 0 Å². The number of anilines is 1. The van der Waals surface area contributed by atoms with E-state index in [-0.39, 0.29) is 6.04 Å². The van der Waals surface area contributed by atoms with Crippen LogP contribution in [0.5, 0.6) is 0 Å². The second kappa shape index (κ2) is 5.54. The quantitative estimate of drug-likeness (QED) is 0.892. The summed E-state index contributed by atoms with van der Waals surface area (Å²) in [5, 5.41) is 0. The molecule has 0 aromatic heterocycles. The van der Waals surface area contributed by atoms with Gasteiger partial charge in [-0.15, -0.1) is 0 Å². The molecule has 2 heteroatoms. The first kappa shape index (κ1) is 13.0. The first-order chi connectivity index (χ1) is 9.27. The Morgan fingerprint density at radius 1 is 1.11 bits per heavy atom. The monoisotopic (exact) mass is 258 g/mol. The SMILES string of the molecule is C[C@@H](N)c1ccccc1N1CCCC1C1CCCC1. The molecule has 104 valence electrons. The summed E-state index contributed by atoms with van der Waals surface area (Å²) in [6.45, 7) is 3.31. The van der Waals surface area contributed by atoms with Gasteiger partial charge in [0, 0.05) is 24.3 Å². The maximum Gasteiger partial charge on any atom is 0.0417 e. The van der Waals surface area contributed by atoms with E-state index in [1.165, 1.54) is 56.3 Å². The molecular formula is C17H26N2. The zero-order chi connectivity index (χ0) is 13.2. The third-order valence-electron chi connectivity index (χ3n) is 4.98. The Kier molecular flexibility index (Phi) is 3.79. The van der Waals surface area contributed by atoms with Gasteiger partial charge in [0.05, 0.1) is 0 Å². The average molecular weight is 258 g/mol. The van der Waals surface area contributed by atoms with Gasteiger partial charge in [0.25, 0.3) is 0 Å². The van der Waals surface area contributed by atoms with Crippen LogP contribution in [0.4, 0.5) is 5.69 Å². The van der Waals surface area contributed by atoms with Crippen LogP contribution in [0, 0.1) is 5.92 Å². The summed E-state index contributed by atoms with van der Waals surface area (Å²) in [6, 6.07) is 9.63. The second-order valence-electron chi connectivity index (χ2n) is 6.29. The molecule has 2 atom stereocenters. The second-order valence-corrected chi connectivity index (χ2v) is 6.29. The molecule has 0 radical (unpaired) electrons. The normalized spacial score (nSPS) is 26.0. The van der Waals surface area contributed by atoms with Gasteiger partial charge in [-0.25, -0.2) is 0 Å². The summed E-state index contributed by atoms with van der Waals surface area (Å²) in [5.74, 6) is 0.920. The molecule has 3 rings (SSSR count). The summed E-state index contributed by atoms with van der Waals surface area (Å²) in [7, 11) is 0. The summed E-state index contributed by atoms with van der Waals surface area (Å²) in [4.78, 5) is 2.66. The van der Waals surface area contributed by atoms with Gasteiger partial charge in [-0.3, -0.25) is 0 Å². The van der Waals surface area contributed by atoms with E-state index < -0.39 is 0 Å². The van der Waals surface area contributed by atoms with E-state index in [1.807, 2.05) is 0 Å². The average Bonchev–Trinajstić information content (AvgIpc) is 3.09. The van der Waals surface area contributed by atoms with Crippen LogP contribution in [0.2, 0.25) is 0 Å². The smallest absolute Gasteiger partial charge is 0.0417 e. The topological polar surface area (TPSA) is 29.3 Å². The van der Waals surface area contributed by atoms with Gasteiger partial charge in [-0.05, 0) is 50.2 Å². The Morgan fingerprint density at radius 3 is 2.58 bits per heavy atom. The lowest BCUT2D eigenvalue weighted by atomic mass is 9.95. The molecule has 1 aliphatic carbocycles. The fourth-order valence-electron chi connectivity index (χ4n) is 4.06. The van der Waals surface area contributed by atoms with Crippen molar-refractivity contribution >= 4 is 5.69 Å². The molecule has 1 heterocycles. The van der Waals surface area contributed by atoms with E-state index in [1.54, 1.807) is 0 Å². The number of hydrogen-bond donors (Lipinski definition) is 1. The molecule has 2 fully saturated rings. The molecule has 0 bridgehead atoms. The molecular weight excluding hydrogens is 232 g/mol. The van der Waals surface area contributed by atoms with Crippen LogP contribution in [0.1, 0.15) is 57.1 Å². The van der Waals surface area contributed by atoms with Crippen LogP contribution in [-0.2, 0) is 0 Å². The maximum absolute atomic E-state index is 6.15. The summed E-state index contributed by atoms with van der Waals surface area (Å²) >= 11 is 0. The fourth-order valence-corrected chi connectivity index (χ4v) is 4.06. The Hall–Kier alpha value is -1.02. The minimum atomic E-state index is 0.126. The minimum Gasteiger partial charge on any atom is -0.368 e. The van der Waals surface area contributed by atoms with Crippen molar-refractivity contribution in [3.8, 4) is 0 Å². The zero-order valence-corrected chi connectivity index (χ0v) is 12.0. The van der Waals surface area contributed by atoms with Crippen molar-refractivity contribution in [2.45, 2.75) is 57.5 Å². The molecule has 19 heavy (non-hydrogen) atoms. The number of nitrogens with two attached hydrogens (primary N) is 1. The molecule has 1 saturated heterocycles. The summed E-state index contributed by atoms with van der Waals surface area (Å²) in [6.07, 6.45) is 8.45. The van der Waals surface area contributed by atoms with E-state index in [0.717, 1.165) is 12.0 Å². The molecule has 1 aromatic rings. The van der Waals surface area contributed by atoms with E-state index in [4.69, 9.17) is 5.73 Å². The van der Waals surface area contributed by atoms with Crippen molar-refractivity contribution < 1.29 is 0 Å². The molecule has 2 nitrogen and oxygen atoms in total. The molecule has 2 aliphatic rings. The fraction of sp³-hybridized carbons (Fsp3) is 0.647. The first-order valence-electron chi connectivity index (χ1n) is 7.88. The van der Waals surface area contributed by atoms with Gasteiger partial charge in [0.1, 0.15) is 0 Å². The lowest BCUT2D eigenvalue weighted by Crippen LogP contribution is -2.35. The predicted octanol–water partition coefficient (Wildman–Crippen LogP) is 3.87. The molecule has 0 spiro atoms. The molecule has 0 amide bonds. The molecule has 1 aliphatic heterocycles. The van der Waals surface area contributed by atoms with Crippen LogP contribution in [0.3, 0.4) is 0 Å². The Labute approximate surface area is 117 Å². The molecule has 1 saturated carbocycles. The van der Waals surface area contributed by atoms with E-state index in [9.17, 15) is 0 Å². The summed E-state index contributed by atoms with van der Waals surface area (Å²) in [5.41, 5.74) is 8.86. The lowest BCUT2D eigenvalue weighted by Gasteiger charge is -2.33. The number of para-hydroxylation sites is 1. The molecule has 2 N–H and O–H groups in total. The number of rotatable bonds is 3. The van der Waals surface area contributed by atoms with Gasteiger partial charge in [-0.1, -0.05) is 31.0 Å². The molecule has 1 aromatic carbocycles. The highest BCUT2D eigenvalue weighted by Gasteiger charge is 2.34. The minimum absolute atomic E-state index is 0.126. The van der Waals surface area contributed by atoms with Crippen LogP contribution in [0.25, 0.3) is 0 Å². The predicted molar refractivity (Wildman–Crippen MR) is 81.4 cm³/mol. The Bertz CT molecular complexity index is 421. The van der Waals surface area contributed by atoms with Crippen LogP contribution >= 0.6 is 0 Å². The highest BCUT2D eigenvalue weighted by molar-refractivity contribution is 5.56. The number of benzene rings is 1. The largest absolute Gasteiger partial charge is 0.368 e. The van der Waals surface area contributed by atoms with Crippen LogP contribution in [-0.4, -0.2) is 12.6 Å². The van der Waals surface area contributed by atoms with Gasteiger partial charge in [0.2, 0.25) is 0 Å². The van der Waals surface area contributed by atoms with Crippen LogP contribution in [0.15, 0.2) is 24.3 Å². The van der Waals surface area contributed by atoms with Crippen molar-refractivity contribution in [2.75, 3.05) is 11.4 Å². The summed E-state index contributed by atoms with van der Waals surface area (Å²) < 4.78 is 0.